The Morgan fingerprint density at radius 3 is 2.35 bits per heavy atom. The number of halogens is 1. The molecule has 1 heterocycles. The van der Waals surface area contributed by atoms with Gasteiger partial charge < -0.3 is 14.9 Å². The predicted octanol–water partition coefficient (Wildman–Crippen LogP) is 4.15. The van der Waals surface area contributed by atoms with Gasteiger partial charge in [0.1, 0.15) is 18.3 Å². The lowest BCUT2D eigenvalue weighted by Crippen LogP contribution is -2.58. The summed E-state index contributed by atoms with van der Waals surface area (Å²) in [6.45, 7) is 3.66. The Balaban J connectivity index is 0.000000302. The van der Waals surface area contributed by atoms with Crippen LogP contribution < -0.4 is 0 Å². The number of nitrogens with zero attached hydrogens (tertiary/aromatic N) is 3. The van der Waals surface area contributed by atoms with Gasteiger partial charge in [-0.2, -0.15) is 5.10 Å². The molecule has 1 aromatic heterocycles. The molecule has 2 saturated carbocycles. The van der Waals surface area contributed by atoms with Gasteiger partial charge in [0.2, 0.25) is 0 Å². The van der Waals surface area contributed by atoms with E-state index in [1.165, 1.54) is 37.3 Å². The minimum atomic E-state index is -1.47. The SMILES string of the molecule is CC1(Cc2ccc(Cl)cc2)CCC(C)(C(=O)O)C1(O)Cn1cncn1.COC(=O)C1CCCC1. The molecule has 34 heavy (non-hydrogen) atoms. The molecule has 4 rings (SSSR count). The summed E-state index contributed by atoms with van der Waals surface area (Å²) in [5.74, 6) is -0.794. The van der Waals surface area contributed by atoms with Gasteiger partial charge in [-0.25, -0.2) is 4.98 Å². The van der Waals surface area contributed by atoms with Gasteiger partial charge in [-0.3, -0.25) is 14.3 Å². The number of carbonyl (C=O) groups excluding carboxylic acids is 1. The molecule has 3 unspecified atom stereocenters. The summed E-state index contributed by atoms with van der Waals surface area (Å²) in [4.78, 5) is 26.7. The van der Waals surface area contributed by atoms with Gasteiger partial charge in [0.15, 0.2) is 0 Å². The third kappa shape index (κ3) is 5.13. The van der Waals surface area contributed by atoms with E-state index in [2.05, 4.69) is 14.8 Å². The lowest BCUT2D eigenvalue weighted by Gasteiger charge is -2.46. The summed E-state index contributed by atoms with van der Waals surface area (Å²) in [6, 6.07) is 7.45. The smallest absolute Gasteiger partial charge is 0.312 e. The van der Waals surface area contributed by atoms with E-state index in [0.29, 0.717) is 24.3 Å². The first-order valence-electron chi connectivity index (χ1n) is 11.7. The Morgan fingerprint density at radius 1 is 1.18 bits per heavy atom. The number of benzene rings is 1. The molecule has 0 saturated heterocycles. The second kappa shape index (κ2) is 10.4. The molecule has 0 amide bonds. The number of carboxylic acids is 1. The second-order valence-corrected chi connectivity index (χ2v) is 10.4. The number of carbonyl (C=O) groups is 2. The lowest BCUT2D eigenvalue weighted by atomic mass is 9.64. The average Bonchev–Trinajstić information content (AvgIpc) is 3.56. The Kier molecular flexibility index (Phi) is 8.03. The molecule has 2 aliphatic carbocycles. The van der Waals surface area contributed by atoms with Crippen molar-refractivity contribution in [3.05, 3.63) is 47.5 Å². The van der Waals surface area contributed by atoms with E-state index in [9.17, 15) is 19.8 Å². The van der Waals surface area contributed by atoms with E-state index < -0.39 is 22.4 Å². The number of ether oxygens (including phenoxy) is 1. The van der Waals surface area contributed by atoms with Gasteiger partial charge in [-0.15, -0.1) is 0 Å². The zero-order chi connectivity index (χ0) is 25.0. The van der Waals surface area contributed by atoms with E-state index in [-0.39, 0.29) is 18.4 Å². The van der Waals surface area contributed by atoms with Gasteiger partial charge >= 0.3 is 11.9 Å². The van der Waals surface area contributed by atoms with Crippen molar-refractivity contribution in [1.82, 2.24) is 14.8 Å². The molecule has 0 radical (unpaired) electrons. The number of rotatable bonds is 6. The van der Waals surface area contributed by atoms with Crippen molar-refractivity contribution in [3.8, 4) is 0 Å². The molecule has 0 spiro atoms. The number of aliphatic hydroxyl groups is 1. The standard InChI is InChI=1S/C18H22ClN3O3.C7H12O2/c1-16(9-13-3-5-14(19)6-4-13)7-8-17(2,15(23)24)18(16,25)10-22-12-20-11-21-22;1-9-7(8)6-4-2-3-5-6/h3-6,11-12,25H,7-10H2,1-2H3,(H,23,24);6H,2-5H2,1H3. The molecule has 2 aromatic rings. The first-order valence-corrected chi connectivity index (χ1v) is 12.0. The van der Waals surface area contributed by atoms with Crippen molar-refractivity contribution >= 4 is 23.5 Å². The van der Waals surface area contributed by atoms with Gasteiger partial charge in [0.05, 0.1) is 25.0 Å². The van der Waals surface area contributed by atoms with Crippen LogP contribution in [0.2, 0.25) is 5.02 Å². The monoisotopic (exact) mass is 491 g/mol. The number of carboxylic acid groups (broad SMARTS) is 1. The quantitative estimate of drug-likeness (QED) is 0.583. The van der Waals surface area contributed by atoms with Gasteiger partial charge in [0, 0.05) is 10.4 Å². The molecular formula is C25H34ClN3O5. The predicted molar refractivity (Wildman–Crippen MR) is 127 cm³/mol. The van der Waals surface area contributed by atoms with Crippen LogP contribution >= 0.6 is 11.6 Å². The molecule has 2 aliphatic rings. The zero-order valence-corrected chi connectivity index (χ0v) is 20.8. The molecule has 3 atom stereocenters. The number of hydrogen-bond donors (Lipinski definition) is 2. The summed E-state index contributed by atoms with van der Waals surface area (Å²) in [7, 11) is 1.46. The molecule has 0 bridgehead atoms. The van der Waals surface area contributed by atoms with Gasteiger partial charge in [-0.05, 0) is 56.7 Å². The zero-order valence-electron chi connectivity index (χ0n) is 20.0. The fraction of sp³-hybridized carbons (Fsp3) is 0.600. The highest BCUT2D eigenvalue weighted by molar-refractivity contribution is 6.30. The number of hydrogen-bond acceptors (Lipinski definition) is 6. The van der Waals surface area contributed by atoms with Crippen LogP contribution in [0, 0.1) is 16.7 Å². The highest BCUT2D eigenvalue weighted by Crippen LogP contribution is 2.59. The van der Waals surface area contributed by atoms with Crippen LogP contribution in [0.4, 0.5) is 0 Å². The van der Waals surface area contributed by atoms with Crippen LogP contribution in [-0.4, -0.2) is 49.6 Å². The molecule has 9 heteroatoms. The van der Waals surface area contributed by atoms with Crippen LogP contribution in [-0.2, 0) is 27.3 Å². The van der Waals surface area contributed by atoms with Crippen LogP contribution in [0.3, 0.4) is 0 Å². The highest BCUT2D eigenvalue weighted by atomic mass is 35.5. The van der Waals surface area contributed by atoms with E-state index in [0.717, 1.165) is 18.4 Å². The van der Waals surface area contributed by atoms with Crippen LogP contribution in [0.1, 0.15) is 57.9 Å². The fourth-order valence-electron chi connectivity index (χ4n) is 5.42. The first kappa shape index (κ1) is 26.2. The van der Waals surface area contributed by atoms with E-state index >= 15 is 0 Å². The van der Waals surface area contributed by atoms with Crippen LogP contribution in [0.5, 0.6) is 0 Å². The number of aromatic nitrogens is 3. The summed E-state index contributed by atoms with van der Waals surface area (Å²) in [5, 5.41) is 26.3. The molecule has 8 nitrogen and oxygen atoms in total. The highest BCUT2D eigenvalue weighted by Gasteiger charge is 2.66. The maximum absolute atomic E-state index is 12.0. The molecule has 186 valence electrons. The lowest BCUT2D eigenvalue weighted by molar-refractivity contribution is -0.179. The van der Waals surface area contributed by atoms with Gasteiger partial charge in [-0.1, -0.05) is 43.5 Å². The minimum Gasteiger partial charge on any atom is -0.481 e. The number of esters is 1. The van der Waals surface area contributed by atoms with Crippen molar-refractivity contribution in [2.75, 3.05) is 7.11 Å². The van der Waals surface area contributed by atoms with E-state index in [4.69, 9.17) is 11.6 Å². The molecule has 1 aromatic carbocycles. The Hall–Kier alpha value is -2.45. The third-order valence-electron chi connectivity index (χ3n) is 7.81. The average molecular weight is 492 g/mol. The molecule has 0 aliphatic heterocycles. The fourth-order valence-corrected chi connectivity index (χ4v) is 5.55. The van der Waals surface area contributed by atoms with Crippen molar-refractivity contribution in [2.45, 2.75) is 70.9 Å². The Bertz CT molecular complexity index is 977. The second-order valence-electron chi connectivity index (χ2n) is 9.96. The molecule has 2 fully saturated rings. The largest absolute Gasteiger partial charge is 0.481 e. The van der Waals surface area contributed by atoms with E-state index in [1.54, 1.807) is 6.92 Å². The van der Waals surface area contributed by atoms with Crippen molar-refractivity contribution in [1.29, 1.82) is 0 Å². The minimum absolute atomic E-state index is 0.0208. The molecular weight excluding hydrogens is 458 g/mol. The first-order chi connectivity index (χ1) is 16.0. The van der Waals surface area contributed by atoms with Crippen molar-refractivity contribution in [2.24, 2.45) is 16.7 Å². The topological polar surface area (TPSA) is 115 Å². The van der Waals surface area contributed by atoms with Crippen LogP contribution in [0.15, 0.2) is 36.9 Å². The van der Waals surface area contributed by atoms with E-state index in [1.807, 2.05) is 31.2 Å². The maximum Gasteiger partial charge on any atom is 0.312 e. The summed E-state index contributed by atoms with van der Waals surface area (Å²) in [5.41, 5.74) is -2.35. The Morgan fingerprint density at radius 2 is 1.82 bits per heavy atom. The summed E-state index contributed by atoms with van der Waals surface area (Å²) in [6.07, 6.45) is 8.90. The van der Waals surface area contributed by atoms with Gasteiger partial charge in [0.25, 0.3) is 0 Å². The maximum atomic E-state index is 12.0. The number of aliphatic carboxylic acids is 1. The Labute approximate surface area is 205 Å². The molecule has 2 N–H and O–H groups in total. The third-order valence-corrected chi connectivity index (χ3v) is 8.07. The summed E-state index contributed by atoms with van der Waals surface area (Å²) >= 11 is 5.96. The van der Waals surface area contributed by atoms with Crippen molar-refractivity contribution < 1.29 is 24.5 Å². The van der Waals surface area contributed by atoms with Crippen molar-refractivity contribution in [3.63, 3.8) is 0 Å². The van der Waals surface area contributed by atoms with Crippen LogP contribution in [0.25, 0.3) is 0 Å². The normalized spacial score (nSPS) is 28.9. The summed E-state index contributed by atoms with van der Waals surface area (Å²) < 4.78 is 6.10. The number of methoxy groups -OCH3 is 1.